The van der Waals surface area contributed by atoms with Gasteiger partial charge >= 0.3 is 0 Å². The van der Waals surface area contributed by atoms with E-state index in [1.165, 1.54) is 18.4 Å². The molecule has 2 rings (SSSR count). The van der Waals surface area contributed by atoms with Crippen molar-refractivity contribution in [1.29, 1.82) is 0 Å². The van der Waals surface area contributed by atoms with Crippen LogP contribution in [-0.4, -0.2) is 23.9 Å². The fourth-order valence-corrected chi connectivity index (χ4v) is 2.94. The summed E-state index contributed by atoms with van der Waals surface area (Å²) in [5.41, 5.74) is 2.69. The van der Waals surface area contributed by atoms with Crippen molar-refractivity contribution >= 4 is 5.71 Å². The normalized spacial score (nSPS) is 22.4. The predicted octanol–water partition coefficient (Wildman–Crippen LogP) is 3.32. The Morgan fingerprint density at radius 3 is 2.52 bits per heavy atom. The third-order valence-corrected chi connectivity index (χ3v) is 4.37. The fraction of sp³-hybridized carbons (Fsp3) is 0.632. The molecular formula is C19H33N3O. The average Bonchev–Trinajstić information content (AvgIpc) is 2.96. The fourth-order valence-electron chi connectivity index (χ4n) is 2.94. The number of aliphatic hydroxyl groups is 1. The van der Waals surface area contributed by atoms with Crippen LogP contribution >= 0.6 is 0 Å². The Balaban J connectivity index is 0.000000241. The van der Waals surface area contributed by atoms with Crippen molar-refractivity contribution in [1.82, 2.24) is 5.32 Å². The smallest absolute Gasteiger partial charge is 0.103 e. The SMILES string of the molecule is CCCC(C)C/C(C)=N/N.Cc1ccc(C2(O)CCNC2)cc1. The Bertz CT molecular complexity index is 476. The first-order chi connectivity index (χ1) is 10.9. The van der Waals surface area contributed by atoms with Crippen LogP contribution in [0.4, 0.5) is 0 Å². The number of aryl methyl sites for hydroxylation is 1. The molecule has 4 nitrogen and oxygen atoms in total. The maximum Gasteiger partial charge on any atom is 0.103 e. The summed E-state index contributed by atoms with van der Waals surface area (Å²) in [6, 6.07) is 8.13. The average molecular weight is 319 g/mol. The highest BCUT2D eigenvalue weighted by atomic mass is 16.3. The molecule has 23 heavy (non-hydrogen) atoms. The molecule has 4 N–H and O–H groups in total. The summed E-state index contributed by atoms with van der Waals surface area (Å²) < 4.78 is 0. The molecule has 2 atom stereocenters. The monoisotopic (exact) mass is 319 g/mol. The largest absolute Gasteiger partial charge is 0.384 e. The number of hydrogen-bond donors (Lipinski definition) is 3. The van der Waals surface area contributed by atoms with Gasteiger partial charge in [0.25, 0.3) is 0 Å². The third kappa shape index (κ3) is 6.71. The van der Waals surface area contributed by atoms with E-state index < -0.39 is 5.60 Å². The number of hydrazone groups is 1. The third-order valence-electron chi connectivity index (χ3n) is 4.37. The summed E-state index contributed by atoms with van der Waals surface area (Å²) in [4.78, 5) is 0. The molecule has 4 heteroatoms. The van der Waals surface area contributed by atoms with E-state index in [2.05, 4.69) is 31.2 Å². The molecule has 1 aromatic rings. The van der Waals surface area contributed by atoms with Gasteiger partial charge in [0.2, 0.25) is 0 Å². The Morgan fingerprint density at radius 2 is 2.04 bits per heavy atom. The van der Waals surface area contributed by atoms with Crippen LogP contribution in [0.5, 0.6) is 0 Å². The summed E-state index contributed by atoms with van der Waals surface area (Å²) in [6.07, 6.45) is 4.38. The molecular weight excluding hydrogens is 286 g/mol. The lowest BCUT2D eigenvalue weighted by Gasteiger charge is -2.21. The molecule has 0 aromatic heterocycles. The molecule has 0 saturated carbocycles. The molecule has 1 aliphatic heterocycles. The molecule has 1 fully saturated rings. The van der Waals surface area contributed by atoms with E-state index in [0.717, 1.165) is 36.6 Å². The zero-order valence-corrected chi connectivity index (χ0v) is 15.1. The van der Waals surface area contributed by atoms with Crippen LogP contribution < -0.4 is 11.2 Å². The van der Waals surface area contributed by atoms with E-state index in [4.69, 9.17) is 5.84 Å². The lowest BCUT2D eigenvalue weighted by molar-refractivity contribution is 0.0587. The van der Waals surface area contributed by atoms with E-state index in [0.29, 0.717) is 6.54 Å². The Labute approximate surface area is 141 Å². The van der Waals surface area contributed by atoms with Crippen molar-refractivity contribution in [3.05, 3.63) is 35.4 Å². The first-order valence-corrected chi connectivity index (χ1v) is 8.65. The number of nitrogens with two attached hydrogens (primary N) is 1. The van der Waals surface area contributed by atoms with Crippen molar-refractivity contribution < 1.29 is 5.11 Å². The first kappa shape index (κ1) is 19.7. The molecule has 0 bridgehead atoms. The van der Waals surface area contributed by atoms with Crippen LogP contribution in [0.25, 0.3) is 0 Å². The van der Waals surface area contributed by atoms with E-state index in [-0.39, 0.29) is 0 Å². The molecule has 1 heterocycles. The molecule has 0 spiro atoms. The van der Waals surface area contributed by atoms with Crippen LogP contribution in [0.2, 0.25) is 0 Å². The number of β-amino-alcohol motifs (C(OH)–C–C–N with tert-alkyl or cyclic N) is 1. The Morgan fingerprint density at radius 1 is 1.39 bits per heavy atom. The molecule has 0 radical (unpaired) electrons. The highest BCUT2D eigenvalue weighted by Crippen LogP contribution is 2.27. The van der Waals surface area contributed by atoms with Crippen molar-refractivity contribution in [3.8, 4) is 0 Å². The second kappa shape index (κ2) is 9.68. The molecule has 1 saturated heterocycles. The Kier molecular flexibility index (Phi) is 8.28. The van der Waals surface area contributed by atoms with Crippen molar-refractivity contribution in [2.24, 2.45) is 16.9 Å². The zero-order valence-electron chi connectivity index (χ0n) is 15.1. The maximum atomic E-state index is 10.2. The van der Waals surface area contributed by atoms with E-state index >= 15 is 0 Å². The second-order valence-corrected chi connectivity index (χ2v) is 6.79. The molecule has 0 amide bonds. The van der Waals surface area contributed by atoms with Gasteiger partial charge in [0.1, 0.15) is 5.60 Å². The minimum atomic E-state index is -0.631. The summed E-state index contributed by atoms with van der Waals surface area (Å²) in [7, 11) is 0. The first-order valence-electron chi connectivity index (χ1n) is 8.65. The van der Waals surface area contributed by atoms with Gasteiger partial charge in [-0.25, -0.2) is 0 Å². The topological polar surface area (TPSA) is 70.6 Å². The van der Waals surface area contributed by atoms with Crippen LogP contribution in [0.1, 0.15) is 57.6 Å². The quantitative estimate of drug-likeness (QED) is 0.443. The van der Waals surface area contributed by atoms with Crippen LogP contribution in [-0.2, 0) is 5.60 Å². The van der Waals surface area contributed by atoms with E-state index in [1.54, 1.807) is 0 Å². The van der Waals surface area contributed by atoms with Gasteiger partial charge < -0.3 is 16.3 Å². The zero-order chi connectivity index (χ0) is 17.3. The summed E-state index contributed by atoms with van der Waals surface area (Å²) in [6.45, 7) is 10.1. The highest BCUT2D eigenvalue weighted by molar-refractivity contribution is 5.81. The maximum absolute atomic E-state index is 10.2. The van der Waals surface area contributed by atoms with Gasteiger partial charge in [-0.2, -0.15) is 5.10 Å². The van der Waals surface area contributed by atoms with Gasteiger partial charge in [-0.15, -0.1) is 0 Å². The summed E-state index contributed by atoms with van der Waals surface area (Å²) >= 11 is 0. The standard InChI is InChI=1S/C11H15NO.C8H18N2/c1-9-2-4-10(5-3-9)11(13)6-7-12-8-11;1-4-5-7(2)6-8(3)10-9/h2-5,12-13H,6-8H2,1H3;7H,4-6,9H2,1-3H3/b;10-8+. The van der Waals surface area contributed by atoms with Gasteiger partial charge in [0.05, 0.1) is 0 Å². The molecule has 1 aliphatic rings. The van der Waals surface area contributed by atoms with Gasteiger partial charge in [0, 0.05) is 12.3 Å². The van der Waals surface area contributed by atoms with E-state index in [1.807, 2.05) is 31.2 Å². The van der Waals surface area contributed by atoms with Crippen molar-refractivity contribution in [3.63, 3.8) is 0 Å². The van der Waals surface area contributed by atoms with E-state index in [9.17, 15) is 5.11 Å². The van der Waals surface area contributed by atoms with Crippen LogP contribution in [0.15, 0.2) is 29.4 Å². The summed E-state index contributed by atoms with van der Waals surface area (Å²) in [5.74, 6) is 5.84. The molecule has 1 aromatic carbocycles. The second-order valence-electron chi connectivity index (χ2n) is 6.79. The minimum Gasteiger partial charge on any atom is -0.384 e. The summed E-state index contributed by atoms with van der Waals surface area (Å²) in [5, 5.41) is 17.0. The predicted molar refractivity (Wildman–Crippen MR) is 98.5 cm³/mol. The van der Waals surface area contributed by atoms with Gasteiger partial charge in [0.15, 0.2) is 0 Å². The highest BCUT2D eigenvalue weighted by Gasteiger charge is 2.32. The van der Waals surface area contributed by atoms with Gasteiger partial charge in [-0.05, 0) is 44.7 Å². The Hall–Kier alpha value is -1.39. The van der Waals surface area contributed by atoms with Crippen LogP contribution in [0.3, 0.4) is 0 Å². The van der Waals surface area contributed by atoms with Gasteiger partial charge in [-0.1, -0.05) is 56.5 Å². The van der Waals surface area contributed by atoms with Crippen LogP contribution in [0, 0.1) is 12.8 Å². The number of nitrogens with zero attached hydrogens (tertiary/aromatic N) is 1. The van der Waals surface area contributed by atoms with Crippen molar-refractivity contribution in [2.75, 3.05) is 13.1 Å². The van der Waals surface area contributed by atoms with Gasteiger partial charge in [-0.3, -0.25) is 0 Å². The molecule has 130 valence electrons. The number of benzene rings is 1. The molecule has 2 unspecified atom stereocenters. The van der Waals surface area contributed by atoms with Crippen molar-refractivity contribution in [2.45, 2.75) is 59.0 Å². The number of rotatable bonds is 5. The molecule has 0 aliphatic carbocycles. The minimum absolute atomic E-state index is 0.631. The number of hydrogen-bond acceptors (Lipinski definition) is 4. The lowest BCUT2D eigenvalue weighted by atomic mass is 9.92. The number of nitrogens with one attached hydrogen (secondary N) is 1. The lowest BCUT2D eigenvalue weighted by Crippen LogP contribution is -2.28.